The molecule has 1 fully saturated rings. The molecule has 0 saturated carbocycles. The van der Waals surface area contributed by atoms with Crippen LogP contribution in [0.25, 0.3) is 17.0 Å². The van der Waals surface area contributed by atoms with Gasteiger partial charge in [-0.15, -0.1) is 0 Å². The number of aromatic nitrogens is 1. The second kappa shape index (κ2) is 7.02. The molecule has 4 rings (SSSR count). The largest absolute Gasteiger partial charge is 0.356 e. The fraction of sp³-hybridized carbons (Fsp3) is 0.286. The highest BCUT2D eigenvalue weighted by Gasteiger charge is 2.17. The smallest absolute Gasteiger partial charge is 0.167 e. The van der Waals surface area contributed by atoms with Gasteiger partial charge in [-0.25, -0.2) is 0 Å². The molecular weight excluding hydrogens is 296 g/mol. The lowest BCUT2D eigenvalue weighted by Crippen LogP contribution is -2.32. The van der Waals surface area contributed by atoms with Crippen LogP contribution in [0.4, 0.5) is 0 Å². The van der Waals surface area contributed by atoms with E-state index in [4.69, 9.17) is 4.52 Å². The molecule has 0 aliphatic carbocycles. The number of likely N-dealkylation sites (tertiary alicyclic amines) is 1. The fourth-order valence-corrected chi connectivity index (χ4v) is 3.40. The van der Waals surface area contributed by atoms with Crippen LogP contribution in [0.15, 0.2) is 65.2 Å². The van der Waals surface area contributed by atoms with Crippen LogP contribution in [0.5, 0.6) is 0 Å². The van der Waals surface area contributed by atoms with Crippen molar-refractivity contribution in [3.8, 4) is 0 Å². The summed E-state index contributed by atoms with van der Waals surface area (Å²) in [6, 6.07) is 18.8. The summed E-state index contributed by atoms with van der Waals surface area (Å²) in [5.74, 6) is 0.632. The number of para-hydroxylation sites is 1. The van der Waals surface area contributed by atoms with Crippen LogP contribution in [0.3, 0.4) is 0 Å². The highest BCUT2D eigenvalue weighted by Crippen LogP contribution is 2.23. The molecule has 1 aliphatic heterocycles. The van der Waals surface area contributed by atoms with Gasteiger partial charge < -0.3 is 4.52 Å². The van der Waals surface area contributed by atoms with Crippen molar-refractivity contribution in [2.24, 2.45) is 5.92 Å². The summed E-state index contributed by atoms with van der Waals surface area (Å²) in [6.07, 6.45) is 6.85. The van der Waals surface area contributed by atoms with E-state index in [9.17, 15) is 0 Å². The zero-order chi connectivity index (χ0) is 16.2. The summed E-state index contributed by atoms with van der Waals surface area (Å²) < 4.78 is 5.36. The van der Waals surface area contributed by atoms with Crippen LogP contribution in [-0.2, 0) is 6.54 Å². The van der Waals surface area contributed by atoms with Gasteiger partial charge in [0.05, 0.1) is 0 Å². The van der Waals surface area contributed by atoms with Gasteiger partial charge in [0.25, 0.3) is 0 Å². The summed E-state index contributed by atoms with van der Waals surface area (Å²) >= 11 is 0. The van der Waals surface area contributed by atoms with Crippen LogP contribution in [-0.4, -0.2) is 23.1 Å². The first kappa shape index (κ1) is 15.2. The van der Waals surface area contributed by atoms with Gasteiger partial charge in [-0.05, 0) is 55.6 Å². The van der Waals surface area contributed by atoms with Crippen molar-refractivity contribution in [2.45, 2.75) is 19.4 Å². The predicted octanol–water partition coefficient (Wildman–Crippen LogP) is 4.75. The molecule has 0 radical (unpaired) electrons. The molecule has 2 aromatic carbocycles. The molecule has 122 valence electrons. The first-order valence-corrected chi connectivity index (χ1v) is 8.67. The molecule has 3 nitrogen and oxygen atoms in total. The van der Waals surface area contributed by atoms with Crippen LogP contribution in [0.1, 0.15) is 24.1 Å². The molecule has 0 bridgehead atoms. The lowest BCUT2D eigenvalue weighted by atomic mass is 9.95. The molecule has 1 aliphatic rings. The maximum absolute atomic E-state index is 5.36. The summed E-state index contributed by atoms with van der Waals surface area (Å²) in [7, 11) is 0. The maximum Gasteiger partial charge on any atom is 0.167 e. The molecule has 24 heavy (non-hydrogen) atoms. The SMILES string of the molecule is C(=CC1CCN(Cc2ccccc2)CC1)c1noc2ccccc12. The van der Waals surface area contributed by atoms with Crippen molar-refractivity contribution in [2.75, 3.05) is 13.1 Å². The minimum Gasteiger partial charge on any atom is -0.356 e. The van der Waals surface area contributed by atoms with E-state index >= 15 is 0 Å². The molecule has 3 heteroatoms. The number of benzene rings is 2. The molecule has 0 atom stereocenters. The van der Waals surface area contributed by atoms with E-state index in [-0.39, 0.29) is 0 Å². The number of hydrogen-bond donors (Lipinski definition) is 0. The zero-order valence-electron chi connectivity index (χ0n) is 13.8. The van der Waals surface area contributed by atoms with E-state index in [0.29, 0.717) is 5.92 Å². The first-order valence-electron chi connectivity index (χ1n) is 8.67. The molecule has 1 saturated heterocycles. The van der Waals surface area contributed by atoms with Crippen LogP contribution < -0.4 is 0 Å². The predicted molar refractivity (Wildman–Crippen MR) is 97.5 cm³/mol. The van der Waals surface area contributed by atoms with Gasteiger partial charge in [0.15, 0.2) is 5.58 Å². The normalized spacial score (nSPS) is 17.0. The standard InChI is InChI=1S/C21H22N2O/c1-2-6-18(7-3-1)16-23-14-12-17(13-15-23)10-11-20-19-8-4-5-9-21(19)24-22-20/h1-11,17H,12-16H2. The Bertz CT molecular complexity index is 814. The first-order chi connectivity index (χ1) is 11.9. The van der Waals surface area contributed by atoms with Crippen LogP contribution in [0, 0.1) is 5.92 Å². The number of rotatable bonds is 4. The summed E-state index contributed by atoms with van der Waals surface area (Å²) in [5, 5.41) is 5.27. The Hall–Kier alpha value is -2.39. The number of allylic oxidation sites excluding steroid dienone is 1. The molecule has 0 N–H and O–H groups in total. The van der Waals surface area contributed by atoms with Crippen molar-refractivity contribution in [3.63, 3.8) is 0 Å². The number of nitrogens with zero attached hydrogens (tertiary/aromatic N) is 2. The van der Waals surface area contributed by atoms with Gasteiger partial charge in [0.2, 0.25) is 0 Å². The average molecular weight is 318 g/mol. The summed E-state index contributed by atoms with van der Waals surface area (Å²) in [6.45, 7) is 3.37. The van der Waals surface area contributed by atoms with Gasteiger partial charge in [-0.1, -0.05) is 53.7 Å². The molecule has 3 aromatic rings. The van der Waals surface area contributed by atoms with Crippen molar-refractivity contribution in [3.05, 3.63) is 71.9 Å². The van der Waals surface area contributed by atoms with E-state index < -0.39 is 0 Å². The van der Waals surface area contributed by atoms with E-state index in [1.54, 1.807) is 0 Å². The van der Waals surface area contributed by atoms with E-state index in [0.717, 1.165) is 36.3 Å². The Balaban J connectivity index is 1.34. The van der Waals surface area contributed by atoms with E-state index in [1.165, 1.54) is 18.4 Å². The molecule has 0 amide bonds. The third-order valence-corrected chi connectivity index (χ3v) is 4.81. The Kier molecular flexibility index (Phi) is 4.43. The number of hydrogen-bond acceptors (Lipinski definition) is 3. The van der Waals surface area contributed by atoms with Crippen molar-refractivity contribution in [1.82, 2.24) is 10.1 Å². The third-order valence-electron chi connectivity index (χ3n) is 4.81. The zero-order valence-corrected chi connectivity index (χ0v) is 13.8. The fourth-order valence-electron chi connectivity index (χ4n) is 3.40. The number of piperidine rings is 1. The van der Waals surface area contributed by atoms with Crippen LogP contribution >= 0.6 is 0 Å². The summed E-state index contributed by atoms with van der Waals surface area (Å²) in [5.41, 5.74) is 3.20. The average Bonchev–Trinajstić information content (AvgIpc) is 3.05. The third kappa shape index (κ3) is 3.41. The van der Waals surface area contributed by atoms with E-state index in [1.807, 2.05) is 18.2 Å². The minimum atomic E-state index is 0.632. The minimum absolute atomic E-state index is 0.632. The molecular formula is C21H22N2O. The lowest BCUT2D eigenvalue weighted by Gasteiger charge is -2.30. The highest BCUT2D eigenvalue weighted by molar-refractivity contribution is 5.84. The highest BCUT2D eigenvalue weighted by atomic mass is 16.5. The second-order valence-corrected chi connectivity index (χ2v) is 6.52. The summed E-state index contributed by atoms with van der Waals surface area (Å²) in [4.78, 5) is 2.55. The van der Waals surface area contributed by atoms with Gasteiger partial charge in [-0.3, -0.25) is 4.90 Å². The topological polar surface area (TPSA) is 29.3 Å². The van der Waals surface area contributed by atoms with Gasteiger partial charge >= 0.3 is 0 Å². The van der Waals surface area contributed by atoms with Gasteiger partial charge in [-0.2, -0.15) is 0 Å². The van der Waals surface area contributed by atoms with Crippen molar-refractivity contribution < 1.29 is 4.52 Å². The van der Waals surface area contributed by atoms with Crippen molar-refractivity contribution in [1.29, 1.82) is 0 Å². The van der Waals surface area contributed by atoms with Gasteiger partial charge in [0, 0.05) is 11.9 Å². The van der Waals surface area contributed by atoms with Crippen molar-refractivity contribution >= 4 is 17.0 Å². The molecule has 0 unspecified atom stereocenters. The van der Waals surface area contributed by atoms with Gasteiger partial charge in [0.1, 0.15) is 5.69 Å². The monoisotopic (exact) mass is 318 g/mol. The quantitative estimate of drug-likeness (QED) is 0.695. The molecule has 1 aromatic heterocycles. The molecule has 2 heterocycles. The maximum atomic E-state index is 5.36. The Morgan fingerprint density at radius 2 is 1.75 bits per heavy atom. The Morgan fingerprint density at radius 3 is 2.58 bits per heavy atom. The Morgan fingerprint density at radius 1 is 1.00 bits per heavy atom. The lowest BCUT2D eigenvalue weighted by molar-refractivity contribution is 0.196. The second-order valence-electron chi connectivity index (χ2n) is 6.52. The Labute approximate surface area is 142 Å². The molecule has 0 spiro atoms. The van der Waals surface area contributed by atoms with Crippen LogP contribution in [0.2, 0.25) is 0 Å². The number of fused-ring (bicyclic) bond motifs is 1. The van der Waals surface area contributed by atoms with E-state index in [2.05, 4.69) is 58.6 Å².